The monoisotopic (exact) mass is 249 g/mol. The lowest BCUT2D eigenvalue weighted by Gasteiger charge is -2.10. The summed E-state index contributed by atoms with van der Waals surface area (Å²) in [6, 6.07) is 9.08. The molecule has 2 aromatic carbocycles. The van der Waals surface area contributed by atoms with Crippen molar-refractivity contribution in [3.05, 3.63) is 53.6 Å². The van der Waals surface area contributed by atoms with Crippen LogP contribution in [0.2, 0.25) is 0 Å². The third-order valence-electron chi connectivity index (χ3n) is 2.59. The van der Waals surface area contributed by atoms with Crippen LogP contribution in [0.25, 0.3) is 0 Å². The van der Waals surface area contributed by atoms with E-state index in [0.717, 1.165) is 24.1 Å². The van der Waals surface area contributed by atoms with Crippen LogP contribution in [0.4, 0.5) is 14.5 Å². The SMILES string of the molecule is CCc1cccc(Oc2cc(F)cc(F)c2N)c1. The Kier molecular flexibility index (Phi) is 3.46. The first-order valence-corrected chi connectivity index (χ1v) is 5.61. The molecule has 0 unspecified atom stereocenters. The number of ether oxygens (including phenoxy) is 1. The second kappa shape index (κ2) is 5.04. The van der Waals surface area contributed by atoms with Gasteiger partial charge >= 0.3 is 0 Å². The van der Waals surface area contributed by atoms with Crippen LogP contribution in [0.15, 0.2) is 36.4 Å². The average molecular weight is 249 g/mol. The van der Waals surface area contributed by atoms with Gasteiger partial charge in [-0.2, -0.15) is 0 Å². The molecule has 4 heteroatoms. The molecule has 0 radical (unpaired) electrons. The fourth-order valence-corrected chi connectivity index (χ4v) is 1.60. The number of aryl methyl sites for hydroxylation is 1. The van der Waals surface area contributed by atoms with Gasteiger partial charge in [0.2, 0.25) is 0 Å². The average Bonchev–Trinajstić information content (AvgIpc) is 2.35. The minimum atomic E-state index is -0.823. The normalized spacial score (nSPS) is 10.4. The molecule has 0 spiro atoms. The van der Waals surface area contributed by atoms with Crippen molar-refractivity contribution in [1.29, 1.82) is 0 Å². The van der Waals surface area contributed by atoms with E-state index < -0.39 is 11.6 Å². The smallest absolute Gasteiger partial charge is 0.156 e. The van der Waals surface area contributed by atoms with Gasteiger partial charge < -0.3 is 10.5 Å². The predicted octanol–water partition coefficient (Wildman–Crippen LogP) is 3.90. The van der Waals surface area contributed by atoms with E-state index in [1.54, 1.807) is 6.07 Å². The predicted molar refractivity (Wildman–Crippen MR) is 66.7 cm³/mol. The molecule has 2 nitrogen and oxygen atoms in total. The lowest BCUT2D eigenvalue weighted by molar-refractivity contribution is 0.471. The van der Waals surface area contributed by atoms with Gasteiger partial charge in [0.25, 0.3) is 0 Å². The van der Waals surface area contributed by atoms with E-state index >= 15 is 0 Å². The summed E-state index contributed by atoms with van der Waals surface area (Å²) in [5, 5.41) is 0. The van der Waals surface area contributed by atoms with Crippen LogP contribution in [0.1, 0.15) is 12.5 Å². The number of anilines is 1. The van der Waals surface area contributed by atoms with Gasteiger partial charge in [0.15, 0.2) is 11.6 Å². The Morgan fingerprint density at radius 1 is 1.17 bits per heavy atom. The topological polar surface area (TPSA) is 35.2 Å². The zero-order chi connectivity index (χ0) is 13.1. The largest absolute Gasteiger partial charge is 0.455 e. The molecule has 0 bridgehead atoms. The van der Waals surface area contributed by atoms with Crippen LogP contribution >= 0.6 is 0 Å². The number of hydrogen-bond donors (Lipinski definition) is 1. The molecular weight excluding hydrogens is 236 g/mol. The summed E-state index contributed by atoms with van der Waals surface area (Å²) in [6.07, 6.45) is 0.851. The van der Waals surface area contributed by atoms with E-state index in [1.807, 2.05) is 25.1 Å². The Morgan fingerprint density at radius 3 is 2.67 bits per heavy atom. The maximum Gasteiger partial charge on any atom is 0.156 e. The number of rotatable bonds is 3. The highest BCUT2D eigenvalue weighted by molar-refractivity contribution is 5.55. The lowest BCUT2D eigenvalue weighted by atomic mass is 10.2. The van der Waals surface area contributed by atoms with E-state index in [2.05, 4.69) is 0 Å². The maximum atomic E-state index is 13.2. The Balaban J connectivity index is 2.33. The molecule has 2 N–H and O–H groups in total. The molecule has 0 fully saturated rings. The van der Waals surface area contributed by atoms with E-state index in [4.69, 9.17) is 10.5 Å². The third-order valence-corrected chi connectivity index (χ3v) is 2.59. The minimum Gasteiger partial charge on any atom is -0.455 e. The summed E-state index contributed by atoms with van der Waals surface area (Å²) in [5.74, 6) is -1.05. The number of halogens is 2. The highest BCUT2D eigenvalue weighted by atomic mass is 19.1. The molecule has 0 amide bonds. The van der Waals surface area contributed by atoms with Crippen molar-refractivity contribution in [3.63, 3.8) is 0 Å². The first kappa shape index (κ1) is 12.4. The van der Waals surface area contributed by atoms with Crippen molar-refractivity contribution in [3.8, 4) is 11.5 Å². The molecule has 0 saturated carbocycles. The van der Waals surface area contributed by atoms with Gasteiger partial charge in [-0.1, -0.05) is 19.1 Å². The van der Waals surface area contributed by atoms with E-state index in [1.165, 1.54) is 0 Å². The standard InChI is InChI=1S/C14H13F2NO/c1-2-9-4-3-5-11(6-9)18-13-8-10(15)7-12(16)14(13)17/h3-8H,2,17H2,1H3. The molecule has 0 saturated heterocycles. The Labute approximate surface area is 104 Å². The molecule has 18 heavy (non-hydrogen) atoms. The van der Waals surface area contributed by atoms with Gasteiger partial charge in [-0.25, -0.2) is 8.78 Å². The minimum absolute atomic E-state index is 0.0132. The van der Waals surface area contributed by atoms with Gasteiger partial charge in [-0.05, 0) is 24.1 Å². The fourth-order valence-electron chi connectivity index (χ4n) is 1.60. The molecule has 0 aliphatic heterocycles. The van der Waals surface area contributed by atoms with Crippen LogP contribution in [-0.4, -0.2) is 0 Å². The first-order chi connectivity index (χ1) is 8.60. The maximum absolute atomic E-state index is 13.2. The van der Waals surface area contributed by atoms with Crippen molar-refractivity contribution in [2.24, 2.45) is 0 Å². The zero-order valence-electron chi connectivity index (χ0n) is 9.91. The van der Waals surface area contributed by atoms with Crippen molar-refractivity contribution < 1.29 is 13.5 Å². The molecule has 0 aliphatic rings. The van der Waals surface area contributed by atoms with Crippen LogP contribution in [-0.2, 0) is 6.42 Å². The number of nitrogens with two attached hydrogens (primary N) is 1. The van der Waals surface area contributed by atoms with Gasteiger partial charge in [0.05, 0.1) is 0 Å². The zero-order valence-corrected chi connectivity index (χ0v) is 9.91. The van der Waals surface area contributed by atoms with Crippen LogP contribution in [0, 0.1) is 11.6 Å². The van der Waals surface area contributed by atoms with Gasteiger partial charge in [0.1, 0.15) is 17.3 Å². The molecule has 2 rings (SSSR count). The van der Waals surface area contributed by atoms with E-state index in [9.17, 15) is 8.78 Å². The second-order valence-corrected chi connectivity index (χ2v) is 3.90. The van der Waals surface area contributed by atoms with Crippen molar-refractivity contribution >= 4 is 5.69 Å². The molecule has 0 aromatic heterocycles. The summed E-state index contributed by atoms with van der Waals surface area (Å²) < 4.78 is 31.7. The Hall–Kier alpha value is -2.10. The summed E-state index contributed by atoms with van der Waals surface area (Å²) in [6.45, 7) is 2.01. The summed E-state index contributed by atoms with van der Waals surface area (Å²) >= 11 is 0. The molecular formula is C14H13F2NO. The van der Waals surface area contributed by atoms with E-state index in [0.29, 0.717) is 5.75 Å². The van der Waals surface area contributed by atoms with Crippen molar-refractivity contribution in [2.45, 2.75) is 13.3 Å². The first-order valence-electron chi connectivity index (χ1n) is 5.61. The highest BCUT2D eigenvalue weighted by Gasteiger charge is 2.10. The molecule has 94 valence electrons. The summed E-state index contributed by atoms with van der Waals surface area (Å²) in [4.78, 5) is 0. The van der Waals surface area contributed by atoms with Crippen LogP contribution < -0.4 is 10.5 Å². The fraction of sp³-hybridized carbons (Fsp3) is 0.143. The van der Waals surface area contributed by atoms with Gasteiger partial charge in [0, 0.05) is 12.1 Å². The summed E-state index contributed by atoms with van der Waals surface area (Å²) in [7, 11) is 0. The Morgan fingerprint density at radius 2 is 1.94 bits per heavy atom. The van der Waals surface area contributed by atoms with Gasteiger partial charge in [-0.15, -0.1) is 0 Å². The number of hydrogen-bond acceptors (Lipinski definition) is 2. The summed E-state index contributed by atoms with van der Waals surface area (Å²) in [5.41, 5.74) is 6.38. The van der Waals surface area contributed by atoms with E-state index in [-0.39, 0.29) is 11.4 Å². The highest BCUT2D eigenvalue weighted by Crippen LogP contribution is 2.30. The van der Waals surface area contributed by atoms with Crippen LogP contribution in [0.5, 0.6) is 11.5 Å². The Bertz CT molecular complexity index is 570. The van der Waals surface area contributed by atoms with Crippen LogP contribution in [0.3, 0.4) is 0 Å². The van der Waals surface area contributed by atoms with Gasteiger partial charge in [-0.3, -0.25) is 0 Å². The molecule has 0 atom stereocenters. The molecule has 0 aliphatic carbocycles. The van der Waals surface area contributed by atoms with Crippen molar-refractivity contribution in [1.82, 2.24) is 0 Å². The van der Waals surface area contributed by atoms with Crippen molar-refractivity contribution in [2.75, 3.05) is 5.73 Å². The quantitative estimate of drug-likeness (QED) is 0.837. The molecule has 0 heterocycles. The lowest BCUT2D eigenvalue weighted by Crippen LogP contribution is -1.97. The molecule has 2 aromatic rings. The number of nitrogen functional groups attached to an aromatic ring is 1. The third kappa shape index (κ3) is 2.59. The number of benzene rings is 2. The second-order valence-electron chi connectivity index (χ2n) is 3.90.